The second kappa shape index (κ2) is 9.66. The molecule has 7 nitrogen and oxygen atoms in total. The number of benzene rings is 1. The van der Waals surface area contributed by atoms with Gasteiger partial charge in [0.2, 0.25) is 5.91 Å². The standard InChI is InChI=1S/C23H27F6N5O2/c1-33-8-4-21(36,5-9-33)11-18(35)32-15-10-14(22(24,25)26)12-34(13-15)17-3-2-16(23(27,28)29)19-20(17)31-7-6-30-19/h2-3,6-7,14-15,36H,4-5,8-13H2,1H3,(H,32,35)/t14-,15+/m0/s1. The van der Waals surface area contributed by atoms with Gasteiger partial charge in [-0.1, -0.05) is 0 Å². The summed E-state index contributed by atoms with van der Waals surface area (Å²) < 4.78 is 81.7. The second-order valence-corrected chi connectivity index (χ2v) is 9.73. The maximum atomic E-state index is 13.8. The van der Waals surface area contributed by atoms with Crippen molar-refractivity contribution < 1.29 is 36.2 Å². The van der Waals surface area contributed by atoms with Crippen molar-refractivity contribution in [1.29, 1.82) is 0 Å². The van der Waals surface area contributed by atoms with Crippen molar-refractivity contribution in [3.8, 4) is 0 Å². The molecular weight excluding hydrogens is 492 g/mol. The van der Waals surface area contributed by atoms with Gasteiger partial charge in [0.15, 0.2) is 0 Å². The molecule has 2 aromatic rings. The average Bonchev–Trinajstić information content (AvgIpc) is 2.79. The summed E-state index contributed by atoms with van der Waals surface area (Å²) in [5, 5.41) is 13.3. The summed E-state index contributed by atoms with van der Waals surface area (Å²) in [7, 11) is 1.89. The summed E-state index contributed by atoms with van der Waals surface area (Å²) in [5.74, 6) is -2.39. The third-order valence-corrected chi connectivity index (χ3v) is 6.94. The molecule has 1 aromatic heterocycles. The topological polar surface area (TPSA) is 81.6 Å². The maximum Gasteiger partial charge on any atom is 0.418 e. The molecule has 1 aromatic carbocycles. The van der Waals surface area contributed by atoms with Crippen LogP contribution in [0.15, 0.2) is 24.5 Å². The van der Waals surface area contributed by atoms with Crippen molar-refractivity contribution in [3.05, 3.63) is 30.1 Å². The van der Waals surface area contributed by atoms with Crippen LogP contribution >= 0.6 is 0 Å². The molecule has 2 fully saturated rings. The normalized spacial score (nSPS) is 23.6. The number of likely N-dealkylation sites (tertiary alicyclic amines) is 1. The first-order valence-electron chi connectivity index (χ1n) is 11.6. The molecule has 2 aliphatic rings. The number of rotatable bonds is 4. The van der Waals surface area contributed by atoms with Crippen molar-refractivity contribution in [2.24, 2.45) is 5.92 Å². The van der Waals surface area contributed by atoms with Crippen LogP contribution in [0.1, 0.15) is 31.2 Å². The third kappa shape index (κ3) is 5.83. The molecule has 36 heavy (non-hydrogen) atoms. The van der Waals surface area contributed by atoms with Crippen LogP contribution in [0.4, 0.5) is 32.0 Å². The summed E-state index contributed by atoms with van der Waals surface area (Å²) in [5.41, 5.74) is -2.81. The van der Waals surface area contributed by atoms with E-state index in [4.69, 9.17) is 0 Å². The number of piperidine rings is 2. The number of hydrogen-bond acceptors (Lipinski definition) is 6. The van der Waals surface area contributed by atoms with Crippen molar-refractivity contribution in [2.45, 2.75) is 49.7 Å². The fraction of sp³-hybridized carbons (Fsp3) is 0.609. The van der Waals surface area contributed by atoms with E-state index in [9.17, 15) is 36.2 Å². The summed E-state index contributed by atoms with van der Waals surface area (Å²) >= 11 is 0. The number of carbonyl (C=O) groups is 1. The molecule has 2 N–H and O–H groups in total. The lowest BCUT2D eigenvalue weighted by atomic mass is 9.87. The highest BCUT2D eigenvalue weighted by Gasteiger charge is 2.46. The van der Waals surface area contributed by atoms with Crippen molar-refractivity contribution in [2.75, 3.05) is 38.1 Å². The first-order valence-corrected chi connectivity index (χ1v) is 11.6. The smallest absolute Gasteiger partial charge is 0.389 e. The SMILES string of the molecule is CN1CCC(O)(CC(=O)N[C@@H]2C[C@H](C(F)(F)F)CN(c3ccc(C(F)(F)F)c4nccnc34)C2)CC1. The van der Waals surface area contributed by atoms with E-state index in [0.717, 1.165) is 18.3 Å². The Balaban J connectivity index is 1.58. The number of alkyl halides is 6. The molecule has 0 unspecified atom stereocenters. The highest BCUT2D eigenvalue weighted by molar-refractivity contribution is 5.91. The van der Waals surface area contributed by atoms with Crippen LogP contribution in [-0.4, -0.2) is 76.9 Å². The number of hydrogen-bond donors (Lipinski definition) is 2. The summed E-state index contributed by atoms with van der Waals surface area (Å²) in [4.78, 5) is 23.8. The maximum absolute atomic E-state index is 13.8. The highest BCUT2D eigenvalue weighted by atomic mass is 19.4. The van der Waals surface area contributed by atoms with Gasteiger partial charge in [0.1, 0.15) is 11.0 Å². The van der Waals surface area contributed by atoms with Gasteiger partial charge in [-0.25, -0.2) is 0 Å². The Morgan fingerprint density at radius 3 is 2.33 bits per heavy atom. The van der Waals surface area contributed by atoms with Gasteiger partial charge in [-0.2, -0.15) is 26.3 Å². The zero-order valence-corrected chi connectivity index (χ0v) is 19.5. The van der Waals surface area contributed by atoms with Gasteiger partial charge in [-0.15, -0.1) is 0 Å². The lowest BCUT2D eigenvalue weighted by Gasteiger charge is -2.41. The monoisotopic (exact) mass is 519 g/mol. The Bertz CT molecular complexity index is 1100. The number of nitrogens with zero attached hydrogens (tertiary/aromatic N) is 4. The zero-order valence-electron chi connectivity index (χ0n) is 19.5. The van der Waals surface area contributed by atoms with Crippen LogP contribution in [0.25, 0.3) is 11.0 Å². The predicted molar refractivity (Wildman–Crippen MR) is 119 cm³/mol. The fourth-order valence-corrected chi connectivity index (χ4v) is 4.95. The molecule has 198 valence electrons. The Kier molecular flexibility index (Phi) is 7.08. The quantitative estimate of drug-likeness (QED) is 0.603. The molecule has 2 saturated heterocycles. The molecule has 3 heterocycles. The first kappa shape index (κ1) is 26.4. The van der Waals surface area contributed by atoms with Gasteiger partial charge < -0.3 is 20.2 Å². The van der Waals surface area contributed by atoms with Crippen LogP contribution < -0.4 is 10.2 Å². The molecule has 0 radical (unpaired) electrons. The minimum Gasteiger partial charge on any atom is -0.389 e. The number of halogens is 6. The van der Waals surface area contributed by atoms with Crippen LogP contribution in [0.5, 0.6) is 0 Å². The minimum absolute atomic E-state index is 0.0590. The number of nitrogens with one attached hydrogen (secondary N) is 1. The Hall–Kier alpha value is -2.67. The van der Waals surface area contributed by atoms with Gasteiger partial charge >= 0.3 is 12.4 Å². The van der Waals surface area contributed by atoms with Gasteiger partial charge in [0.05, 0.1) is 29.2 Å². The third-order valence-electron chi connectivity index (χ3n) is 6.94. The van der Waals surface area contributed by atoms with Crippen LogP contribution in [0.3, 0.4) is 0 Å². The Labute approximate surface area is 203 Å². The minimum atomic E-state index is -4.71. The fourth-order valence-electron chi connectivity index (χ4n) is 4.95. The molecule has 2 aliphatic heterocycles. The van der Waals surface area contributed by atoms with E-state index < -0.39 is 53.4 Å². The second-order valence-electron chi connectivity index (χ2n) is 9.73. The van der Waals surface area contributed by atoms with Gasteiger partial charge in [-0.3, -0.25) is 14.8 Å². The Morgan fingerprint density at radius 2 is 1.72 bits per heavy atom. The number of carbonyl (C=O) groups excluding carboxylic acids is 1. The largest absolute Gasteiger partial charge is 0.418 e. The van der Waals surface area contributed by atoms with Crippen molar-refractivity contribution in [1.82, 2.24) is 20.2 Å². The highest BCUT2D eigenvalue weighted by Crippen LogP contribution is 2.40. The summed E-state index contributed by atoms with van der Waals surface area (Å²) in [6, 6.07) is 0.951. The summed E-state index contributed by atoms with van der Waals surface area (Å²) in [6.45, 7) is 0.637. The van der Waals surface area contributed by atoms with Crippen molar-refractivity contribution in [3.63, 3.8) is 0 Å². The molecule has 0 bridgehead atoms. The molecular formula is C23H27F6N5O2. The van der Waals surface area contributed by atoms with Gasteiger partial charge in [0, 0.05) is 44.6 Å². The first-order chi connectivity index (χ1) is 16.7. The molecule has 1 amide bonds. The number of aliphatic hydroxyl groups is 1. The van der Waals surface area contributed by atoms with E-state index in [2.05, 4.69) is 15.3 Å². The van der Waals surface area contributed by atoms with E-state index in [1.165, 1.54) is 11.1 Å². The molecule has 0 saturated carbocycles. The van der Waals surface area contributed by atoms with Crippen LogP contribution in [0.2, 0.25) is 0 Å². The van der Waals surface area contributed by atoms with Crippen LogP contribution in [-0.2, 0) is 11.0 Å². The zero-order chi connectivity index (χ0) is 26.3. The molecule has 0 spiro atoms. The van der Waals surface area contributed by atoms with Crippen molar-refractivity contribution >= 4 is 22.6 Å². The molecule has 0 aliphatic carbocycles. The number of anilines is 1. The summed E-state index contributed by atoms with van der Waals surface area (Å²) in [6.07, 6.45) is -6.90. The Morgan fingerprint density at radius 1 is 1.08 bits per heavy atom. The molecule has 13 heteroatoms. The number of fused-ring (bicyclic) bond motifs is 1. The van der Waals surface area contributed by atoms with Crippen LogP contribution in [0, 0.1) is 5.92 Å². The average molecular weight is 519 g/mol. The van der Waals surface area contributed by atoms with E-state index >= 15 is 0 Å². The van der Waals surface area contributed by atoms with E-state index in [0.29, 0.717) is 25.9 Å². The number of aromatic nitrogens is 2. The van der Waals surface area contributed by atoms with Gasteiger partial charge in [0.25, 0.3) is 0 Å². The number of amides is 1. The van der Waals surface area contributed by atoms with E-state index in [-0.39, 0.29) is 30.6 Å². The molecule has 2 atom stereocenters. The van der Waals surface area contributed by atoms with Gasteiger partial charge in [-0.05, 0) is 38.4 Å². The van der Waals surface area contributed by atoms with E-state index in [1.807, 2.05) is 11.9 Å². The molecule has 4 rings (SSSR count). The predicted octanol–water partition coefficient (Wildman–Crippen LogP) is 3.37. The van der Waals surface area contributed by atoms with E-state index in [1.54, 1.807) is 0 Å². The lowest BCUT2D eigenvalue weighted by Crippen LogP contribution is -2.55. The lowest BCUT2D eigenvalue weighted by molar-refractivity contribution is -0.178.